The van der Waals surface area contributed by atoms with Crippen molar-refractivity contribution < 1.29 is 4.79 Å². The van der Waals surface area contributed by atoms with Crippen LogP contribution in [0.1, 0.15) is 51.0 Å². The van der Waals surface area contributed by atoms with Gasteiger partial charge >= 0.3 is 0 Å². The van der Waals surface area contributed by atoms with Gasteiger partial charge in [-0.15, -0.1) is 11.3 Å². The average molecular weight is 268 g/mol. The van der Waals surface area contributed by atoms with Crippen LogP contribution in [0.4, 0.5) is 0 Å². The van der Waals surface area contributed by atoms with Gasteiger partial charge in [0, 0.05) is 4.88 Å². The van der Waals surface area contributed by atoms with E-state index < -0.39 is 6.04 Å². The van der Waals surface area contributed by atoms with Crippen molar-refractivity contribution in [3.8, 4) is 0 Å². The van der Waals surface area contributed by atoms with Gasteiger partial charge in [0.05, 0.1) is 12.1 Å². The monoisotopic (exact) mass is 268 g/mol. The van der Waals surface area contributed by atoms with Crippen molar-refractivity contribution in [1.82, 2.24) is 5.32 Å². The Kier molecular flexibility index (Phi) is 6.36. The standard InChI is InChI=1S/C14H24N2OS/c1-4-6-12(13-7-5-8-18-13)16-14(17)11(15)9-10(2)3/h5,7-8,10-12H,4,6,9,15H2,1-3H3,(H,16,17). The molecule has 1 rings (SSSR count). The third kappa shape index (κ3) is 4.78. The highest BCUT2D eigenvalue weighted by molar-refractivity contribution is 7.10. The fourth-order valence-electron chi connectivity index (χ4n) is 1.96. The van der Waals surface area contributed by atoms with Gasteiger partial charge in [-0.05, 0) is 30.2 Å². The average Bonchev–Trinajstić information content (AvgIpc) is 2.80. The highest BCUT2D eigenvalue weighted by atomic mass is 32.1. The number of carbonyl (C=O) groups excluding carboxylic acids is 1. The molecule has 0 fully saturated rings. The molecule has 18 heavy (non-hydrogen) atoms. The van der Waals surface area contributed by atoms with E-state index in [1.165, 1.54) is 4.88 Å². The number of hydrogen-bond donors (Lipinski definition) is 2. The van der Waals surface area contributed by atoms with Gasteiger partial charge in [0.15, 0.2) is 0 Å². The van der Waals surface area contributed by atoms with E-state index in [-0.39, 0.29) is 11.9 Å². The van der Waals surface area contributed by atoms with Gasteiger partial charge in [0.1, 0.15) is 0 Å². The van der Waals surface area contributed by atoms with E-state index in [1.807, 2.05) is 11.4 Å². The molecular formula is C14H24N2OS. The van der Waals surface area contributed by atoms with Crippen LogP contribution in [0.5, 0.6) is 0 Å². The van der Waals surface area contributed by atoms with Gasteiger partial charge in [0.2, 0.25) is 5.91 Å². The Morgan fingerprint density at radius 3 is 2.72 bits per heavy atom. The molecule has 0 bridgehead atoms. The summed E-state index contributed by atoms with van der Waals surface area (Å²) < 4.78 is 0. The Morgan fingerprint density at radius 1 is 1.50 bits per heavy atom. The summed E-state index contributed by atoms with van der Waals surface area (Å²) in [7, 11) is 0. The fourth-order valence-corrected chi connectivity index (χ4v) is 2.77. The first-order chi connectivity index (χ1) is 8.54. The van der Waals surface area contributed by atoms with E-state index in [2.05, 4.69) is 32.2 Å². The van der Waals surface area contributed by atoms with Gasteiger partial charge in [-0.25, -0.2) is 0 Å². The van der Waals surface area contributed by atoms with Crippen LogP contribution >= 0.6 is 11.3 Å². The van der Waals surface area contributed by atoms with Gasteiger partial charge in [-0.1, -0.05) is 33.3 Å². The second-order valence-electron chi connectivity index (χ2n) is 5.10. The molecule has 0 radical (unpaired) electrons. The largest absolute Gasteiger partial charge is 0.347 e. The van der Waals surface area contributed by atoms with Crippen molar-refractivity contribution >= 4 is 17.2 Å². The van der Waals surface area contributed by atoms with Crippen LogP contribution in [0.25, 0.3) is 0 Å². The lowest BCUT2D eigenvalue weighted by Crippen LogP contribution is -2.42. The van der Waals surface area contributed by atoms with Crippen molar-refractivity contribution in [1.29, 1.82) is 0 Å². The Balaban J connectivity index is 2.58. The van der Waals surface area contributed by atoms with Crippen LogP contribution in [0, 0.1) is 5.92 Å². The predicted octanol–water partition coefficient (Wildman–Crippen LogP) is 3.08. The molecule has 0 saturated heterocycles. The summed E-state index contributed by atoms with van der Waals surface area (Å²) in [6.45, 7) is 6.28. The topological polar surface area (TPSA) is 55.1 Å². The van der Waals surface area contributed by atoms with Gasteiger partial charge < -0.3 is 11.1 Å². The van der Waals surface area contributed by atoms with E-state index in [0.717, 1.165) is 19.3 Å². The molecule has 4 heteroatoms. The fraction of sp³-hybridized carbons (Fsp3) is 0.643. The highest BCUT2D eigenvalue weighted by Crippen LogP contribution is 2.23. The Labute approximate surface area is 114 Å². The number of amides is 1. The smallest absolute Gasteiger partial charge is 0.237 e. The van der Waals surface area contributed by atoms with Crippen LogP contribution in [0.2, 0.25) is 0 Å². The molecule has 0 spiro atoms. The Hall–Kier alpha value is -0.870. The number of carbonyl (C=O) groups is 1. The van der Waals surface area contributed by atoms with Crippen molar-refractivity contribution in [3.63, 3.8) is 0 Å². The van der Waals surface area contributed by atoms with Crippen molar-refractivity contribution in [2.45, 2.75) is 52.1 Å². The molecule has 2 atom stereocenters. The molecule has 0 aliphatic carbocycles. The minimum absolute atomic E-state index is 0.0319. The molecule has 1 amide bonds. The molecule has 0 aliphatic heterocycles. The zero-order chi connectivity index (χ0) is 13.5. The van der Waals surface area contributed by atoms with Gasteiger partial charge in [-0.3, -0.25) is 4.79 Å². The number of thiophene rings is 1. The van der Waals surface area contributed by atoms with E-state index in [0.29, 0.717) is 5.92 Å². The first kappa shape index (κ1) is 15.2. The minimum atomic E-state index is -0.399. The summed E-state index contributed by atoms with van der Waals surface area (Å²) >= 11 is 1.68. The normalized spacial score (nSPS) is 14.5. The van der Waals surface area contributed by atoms with Crippen molar-refractivity contribution in [2.24, 2.45) is 11.7 Å². The molecular weight excluding hydrogens is 244 g/mol. The molecule has 1 heterocycles. The minimum Gasteiger partial charge on any atom is -0.347 e. The van der Waals surface area contributed by atoms with E-state index >= 15 is 0 Å². The van der Waals surface area contributed by atoms with Crippen LogP contribution < -0.4 is 11.1 Å². The predicted molar refractivity (Wildman–Crippen MR) is 77.5 cm³/mol. The third-order valence-corrected chi connectivity index (χ3v) is 3.83. The highest BCUT2D eigenvalue weighted by Gasteiger charge is 2.20. The zero-order valence-corrected chi connectivity index (χ0v) is 12.3. The van der Waals surface area contributed by atoms with Crippen molar-refractivity contribution in [2.75, 3.05) is 0 Å². The maximum Gasteiger partial charge on any atom is 0.237 e. The number of nitrogens with one attached hydrogen (secondary N) is 1. The molecule has 0 aromatic carbocycles. The first-order valence-corrected chi connectivity index (χ1v) is 7.51. The SMILES string of the molecule is CCCC(NC(=O)C(N)CC(C)C)c1cccs1. The van der Waals surface area contributed by atoms with Crippen LogP contribution in [-0.4, -0.2) is 11.9 Å². The third-order valence-electron chi connectivity index (χ3n) is 2.84. The number of hydrogen-bond acceptors (Lipinski definition) is 3. The van der Waals surface area contributed by atoms with Crippen molar-refractivity contribution in [3.05, 3.63) is 22.4 Å². The van der Waals surface area contributed by atoms with Gasteiger partial charge in [0.25, 0.3) is 0 Å². The molecule has 1 aromatic heterocycles. The zero-order valence-electron chi connectivity index (χ0n) is 11.5. The molecule has 1 aromatic rings. The van der Waals surface area contributed by atoms with E-state index in [4.69, 9.17) is 5.73 Å². The number of nitrogens with two attached hydrogens (primary N) is 1. The van der Waals surface area contributed by atoms with Crippen LogP contribution in [0.3, 0.4) is 0 Å². The molecule has 0 saturated carbocycles. The lowest BCUT2D eigenvalue weighted by atomic mass is 10.0. The van der Waals surface area contributed by atoms with E-state index in [9.17, 15) is 4.79 Å². The molecule has 2 unspecified atom stereocenters. The van der Waals surface area contributed by atoms with Gasteiger partial charge in [-0.2, -0.15) is 0 Å². The Bertz CT molecular complexity index is 349. The molecule has 3 N–H and O–H groups in total. The first-order valence-electron chi connectivity index (χ1n) is 6.64. The molecule has 0 aliphatic rings. The summed E-state index contributed by atoms with van der Waals surface area (Å²) in [6, 6.07) is 3.80. The molecule has 102 valence electrons. The molecule has 3 nitrogen and oxygen atoms in total. The number of rotatable bonds is 7. The summed E-state index contributed by atoms with van der Waals surface area (Å²) in [6.07, 6.45) is 2.73. The quantitative estimate of drug-likeness (QED) is 0.798. The lowest BCUT2D eigenvalue weighted by molar-refractivity contribution is -0.123. The lowest BCUT2D eigenvalue weighted by Gasteiger charge is -2.20. The Morgan fingerprint density at radius 2 is 2.22 bits per heavy atom. The maximum absolute atomic E-state index is 12.0. The summed E-state index contributed by atoms with van der Waals surface area (Å²) in [5.74, 6) is 0.410. The second-order valence-corrected chi connectivity index (χ2v) is 6.08. The maximum atomic E-state index is 12.0. The summed E-state index contributed by atoms with van der Waals surface area (Å²) in [5, 5.41) is 5.11. The summed E-state index contributed by atoms with van der Waals surface area (Å²) in [4.78, 5) is 13.2. The second kappa shape index (κ2) is 7.54. The van der Waals surface area contributed by atoms with Crippen LogP contribution in [0.15, 0.2) is 17.5 Å². The van der Waals surface area contributed by atoms with E-state index in [1.54, 1.807) is 11.3 Å². The van der Waals surface area contributed by atoms with Crippen LogP contribution in [-0.2, 0) is 4.79 Å². The summed E-state index contributed by atoms with van der Waals surface area (Å²) in [5.41, 5.74) is 5.91.